The summed E-state index contributed by atoms with van der Waals surface area (Å²) in [5, 5.41) is 6.73. The number of carbonyl (C=O) groups excluding carboxylic acids is 1. The molecule has 1 N–H and O–H groups in total. The van der Waals surface area contributed by atoms with E-state index in [0.29, 0.717) is 5.56 Å². The molecule has 1 aliphatic rings. The van der Waals surface area contributed by atoms with E-state index in [0.717, 1.165) is 25.1 Å². The summed E-state index contributed by atoms with van der Waals surface area (Å²) < 4.78 is 0. The van der Waals surface area contributed by atoms with Gasteiger partial charge in [-0.05, 0) is 24.3 Å². The fourth-order valence-electron chi connectivity index (χ4n) is 1.58. The molecule has 1 fully saturated rings. The molecule has 1 aromatic heterocycles. The third-order valence-electron chi connectivity index (χ3n) is 2.34. The average Bonchev–Trinajstić information content (AvgIpc) is 3.05. The Kier molecular flexibility index (Phi) is 5.44. The SMILES string of the molecule is CC.[C-]#[N+]/C(C(=O)c1ccsc1)=C1\CCCN1. The van der Waals surface area contributed by atoms with Crippen molar-refractivity contribution in [1.29, 1.82) is 0 Å². The van der Waals surface area contributed by atoms with E-state index in [-0.39, 0.29) is 11.5 Å². The number of hydrogen-bond donors (Lipinski definition) is 1. The van der Waals surface area contributed by atoms with Crippen LogP contribution in [-0.2, 0) is 0 Å². The first-order chi connectivity index (χ1) is 8.33. The lowest BCUT2D eigenvalue weighted by Crippen LogP contribution is -2.10. The van der Waals surface area contributed by atoms with Gasteiger partial charge in [-0.1, -0.05) is 13.8 Å². The molecule has 0 saturated carbocycles. The Bertz CT molecular complexity index is 432. The van der Waals surface area contributed by atoms with Crippen LogP contribution in [0.4, 0.5) is 0 Å². The lowest BCUT2D eigenvalue weighted by atomic mass is 10.1. The van der Waals surface area contributed by atoms with Crippen LogP contribution in [-0.4, -0.2) is 12.3 Å². The zero-order chi connectivity index (χ0) is 12.7. The number of allylic oxidation sites excluding steroid dienone is 2. The van der Waals surface area contributed by atoms with Gasteiger partial charge in [0.15, 0.2) is 5.78 Å². The molecule has 1 aliphatic heterocycles. The molecule has 0 amide bonds. The first kappa shape index (κ1) is 13.5. The van der Waals surface area contributed by atoms with Crippen molar-refractivity contribution in [3.8, 4) is 0 Å². The highest BCUT2D eigenvalue weighted by Gasteiger charge is 2.20. The minimum atomic E-state index is -0.157. The Labute approximate surface area is 106 Å². The van der Waals surface area contributed by atoms with Crippen molar-refractivity contribution in [1.82, 2.24) is 5.32 Å². The molecule has 17 heavy (non-hydrogen) atoms. The molecule has 0 bridgehead atoms. The summed E-state index contributed by atoms with van der Waals surface area (Å²) in [6.07, 6.45) is 1.82. The van der Waals surface area contributed by atoms with Crippen LogP contribution >= 0.6 is 11.3 Å². The summed E-state index contributed by atoms with van der Waals surface area (Å²) in [6.45, 7) is 11.9. The molecule has 0 unspecified atom stereocenters. The predicted octanol–water partition coefficient (Wildman–Crippen LogP) is 3.47. The van der Waals surface area contributed by atoms with Gasteiger partial charge in [0, 0.05) is 23.2 Å². The molecule has 4 heteroatoms. The van der Waals surface area contributed by atoms with Gasteiger partial charge < -0.3 is 10.1 Å². The molecule has 0 spiro atoms. The number of nitrogens with one attached hydrogen (secondary N) is 1. The predicted molar refractivity (Wildman–Crippen MR) is 70.9 cm³/mol. The van der Waals surface area contributed by atoms with Crippen LogP contribution < -0.4 is 5.32 Å². The van der Waals surface area contributed by atoms with Crippen LogP contribution in [0.5, 0.6) is 0 Å². The topological polar surface area (TPSA) is 33.5 Å². The van der Waals surface area contributed by atoms with Crippen LogP contribution in [0.25, 0.3) is 4.85 Å². The van der Waals surface area contributed by atoms with Crippen LogP contribution in [0.2, 0.25) is 0 Å². The van der Waals surface area contributed by atoms with E-state index in [1.54, 1.807) is 11.4 Å². The number of ketones is 1. The minimum Gasteiger partial charge on any atom is -0.397 e. The number of thiophene rings is 1. The lowest BCUT2D eigenvalue weighted by Gasteiger charge is -2.02. The van der Waals surface area contributed by atoms with Crippen molar-refractivity contribution in [3.05, 3.63) is 45.2 Å². The van der Waals surface area contributed by atoms with E-state index in [1.165, 1.54) is 11.3 Å². The third-order valence-corrected chi connectivity index (χ3v) is 3.02. The van der Waals surface area contributed by atoms with Crippen molar-refractivity contribution in [3.63, 3.8) is 0 Å². The van der Waals surface area contributed by atoms with Gasteiger partial charge in [-0.2, -0.15) is 11.3 Å². The van der Waals surface area contributed by atoms with Gasteiger partial charge in [0.2, 0.25) is 0 Å². The van der Waals surface area contributed by atoms with Gasteiger partial charge in [0.1, 0.15) is 0 Å². The third kappa shape index (κ3) is 3.18. The summed E-state index contributed by atoms with van der Waals surface area (Å²) in [5.74, 6) is -0.157. The van der Waals surface area contributed by atoms with Crippen molar-refractivity contribution in [2.75, 3.05) is 6.54 Å². The van der Waals surface area contributed by atoms with Gasteiger partial charge in [0.05, 0.1) is 6.57 Å². The molecule has 0 radical (unpaired) electrons. The van der Waals surface area contributed by atoms with Crippen LogP contribution in [0.3, 0.4) is 0 Å². The molecule has 90 valence electrons. The number of rotatable bonds is 2. The van der Waals surface area contributed by atoms with Gasteiger partial charge in [-0.15, -0.1) is 0 Å². The highest BCUT2D eigenvalue weighted by Crippen LogP contribution is 2.20. The maximum absolute atomic E-state index is 11.9. The van der Waals surface area contributed by atoms with E-state index in [4.69, 9.17) is 6.57 Å². The van der Waals surface area contributed by atoms with Gasteiger partial charge >= 0.3 is 0 Å². The normalized spacial score (nSPS) is 16.3. The van der Waals surface area contributed by atoms with Crippen molar-refractivity contribution in [2.24, 2.45) is 0 Å². The fraction of sp³-hybridized carbons (Fsp3) is 0.385. The molecular weight excluding hydrogens is 232 g/mol. The van der Waals surface area contributed by atoms with Crippen molar-refractivity contribution in [2.45, 2.75) is 26.7 Å². The minimum absolute atomic E-state index is 0.157. The van der Waals surface area contributed by atoms with E-state index >= 15 is 0 Å². The molecule has 0 aromatic carbocycles. The second-order valence-electron chi connectivity index (χ2n) is 3.31. The zero-order valence-corrected chi connectivity index (χ0v) is 10.9. The summed E-state index contributed by atoms with van der Waals surface area (Å²) in [6, 6.07) is 1.76. The van der Waals surface area contributed by atoms with Gasteiger partial charge in [-0.3, -0.25) is 0 Å². The second kappa shape index (κ2) is 6.87. The van der Waals surface area contributed by atoms with Crippen LogP contribution in [0.15, 0.2) is 28.2 Å². The number of nitrogens with zero attached hydrogens (tertiary/aromatic N) is 1. The van der Waals surface area contributed by atoms with E-state index in [2.05, 4.69) is 10.2 Å². The summed E-state index contributed by atoms with van der Waals surface area (Å²) in [7, 11) is 0. The Hall–Kier alpha value is -1.60. The Morgan fingerprint density at radius 3 is 2.76 bits per heavy atom. The maximum atomic E-state index is 11.9. The molecule has 1 aromatic rings. The molecule has 3 nitrogen and oxygen atoms in total. The van der Waals surface area contributed by atoms with Crippen molar-refractivity contribution >= 4 is 17.1 Å². The number of carbonyl (C=O) groups is 1. The monoisotopic (exact) mass is 248 g/mol. The molecule has 0 aliphatic carbocycles. The van der Waals surface area contributed by atoms with Gasteiger partial charge in [0.25, 0.3) is 5.70 Å². The fourth-order valence-corrected chi connectivity index (χ4v) is 2.22. The first-order valence-corrected chi connectivity index (χ1v) is 6.68. The zero-order valence-electron chi connectivity index (χ0n) is 10.1. The van der Waals surface area contributed by atoms with E-state index in [1.807, 2.05) is 19.2 Å². The maximum Gasteiger partial charge on any atom is 0.252 e. The molecule has 0 atom stereocenters. The van der Waals surface area contributed by atoms with E-state index < -0.39 is 0 Å². The molecular formula is C13H16N2OS. The molecule has 2 rings (SSSR count). The Morgan fingerprint density at radius 1 is 1.53 bits per heavy atom. The summed E-state index contributed by atoms with van der Waals surface area (Å²) in [5.41, 5.74) is 1.68. The first-order valence-electron chi connectivity index (χ1n) is 5.74. The largest absolute Gasteiger partial charge is 0.397 e. The molecule has 1 saturated heterocycles. The van der Waals surface area contributed by atoms with E-state index in [9.17, 15) is 4.79 Å². The number of hydrogen-bond acceptors (Lipinski definition) is 3. The summed E-state index contributed by atoms with van der Waals surface area (Å²) >= 11 is 1.47. The number of Topliss-reactive ketones (excluding diaryl/α,β-unsaturated/α-hetero) is 1. The second-order valence-corrected chi connectivity index (χ2v) is 4.09. The average molecular weight is 248 g/mol. The van der Waals surface area contributed by atoms with Gasteiger partial charge in [-0.25, -0.2) is 4.85 Å². The standard InChI is InChI=1S/C11H10N2OS.C2H6/c1-12-10(9-3-2-5-13-9)11(14)8-4-6-15-7-8;1-2/h4,6-7,13H,2-3,5H2;1-2H3/b10-9+;. The lowest BCUT2D eigenvalue weighted by molar-refractivity contribution is 0.103. The summed E-state index contributed by atoms with van der Waals surface area (Å²) in [4.78, 5) is 15.3. The highest BCUT2D eigenvalue weighted by atomic mass is 32.1. The van der Waals surface area contributed by atoms with Crippen molar-refractivity contribution < 1.29 is 4.79 Å². The quantitative estimate of drug-likeness (QED) is 0.494. The molecule has 2 heterocycles. The Balaban J connectivity index is 0.000000686. The highest BCUT2D eigenvalue weighted by molar-refractivity contribution is 7.08. The Morgan fingerprint density at radius 2 is 2.29 bits per heavy atom. The smallest absolute Gasteiger partial charge is 0.252 e. The van der Waals surface area contributed by atoms with Crippen LogP contribution in [0.1, 0.15) is 37.0 Å². The van der Waals surface area contributed by atoms with Crippen LogP contribution in [0, 0.1) is 6.57 Å².